The Hall–Kier alpha value is -2.14. The van der Waals surface area contributed by atoms with Crippen LogP contribution in [0.5, 0.6) is 0 Å². The minimum atomic E-state index is -0.188. The number of imidazole rings is 1. The molecule has 5 nitrogen and oxygen atoms in total. The molecular weight excluding hydrogens is 254 g/mol. The number of nitrogens with zero attached hydrogens (tertiary/aromatic N) is 2. The third kappa shape index (κ3) is 4.51. The van der Waals surface area contributed by atoms with E-state index in [1.807, 2.05) is 41.1 Å². The first-order valence-corrected chi connectivity index (χ1v) is 6.68. The molecule has 0 saturated heterocycles. The highest BCUT2D eigenvalue weighted by Crippen LogP contribution is 2.10. The van der Waals surface area contributed by atoms with E-state index < -0.39 is 0 Å². The molecule has 106 valence electrons. The van der Waals surface area contributed by atoms with Crippen molar-refractivity contribution in [3.05, 3.63) is 54.6 Å². The van der Waals surface area contributed by atoms with E-state index in [2.05, 4.69) is 4.98 Å². The molecule has 0 aliphatic rings. The summed E-state index contributed by atoms with van der Waals surface area (Å²) >= 11 is 0. The lowest BCUT2D eigenvalue weighted by Crippen LogP contribution is -2.17. The van der Waals surface area contributed by atoms with Crippen molar-refractivity contribution in [3.63, 3.8) is 0 Å². The number of carbonyl (C=O) groups is 1. The highest BCUT2D eigenvalue weighted by Gasteiger charge is 2.07. The summed E-state index contributed by atoms with van der Waals surface area (Å²) in [7, 11) is 0. The maximum Gasteiger partial charge on any atom is 0.306 e. The Morgan fingerprint density at radius 1 is 1.35 bits per heavy atom. The smallest absolute Gasteiger partial charge is 0.306 e. The minimum Gasteiger partial charge on any atom is -0.461 e. The lowest BCUT2D eigenvalue weighted by Gasteiger charge is -2.12. The Kier molecular flexibility index (Phi) is 5.32. The predicted octanol–water partition coefficient (Wildman–Crippen LogP) is 2.25. The van der Waals surface area contributed by atoms with Crippen molar-refractivity contribution >= 4 is 5.97 Å². The van der Waals surface area contributed by atoms with Crippen LogP contribution in [0.15, 0.2) is 49.1 Å². The van der Waals surface area contributed by atoms with Gasteiger partial charge in [-0.05, 0) is 18.4 Å². The zero-order valence-corrected chi connectivity index (χ0v) is 11.3. The van der Waals surface area contributed by atoms with E-state index in [0.29, 0.717) is 19.4 Å². The molecule has 0 aliphatic heterocycles. The fourth-order valence-corrected chi connectivity index (χ4v) is 1.88. The largest absolute Gasteiger partial charge is 0.461 e. The summed E-state index contributed by atoms with van der Waals surface area (Å²) in [5.74, 6) is -0.188. The number of ether oxygens (including phenoxy) is 1. The van der Waals surface area contributed by atoms with Gasteiger partial charge in [-0.25, -0.2) is 4.98 Å². The maximum atomic E-state index is 11.6. The van der Waals surface area contributed by atoms with Crippen LogP contribution in [-0.4, -0.2) is 15.5 Å². The number of hydrogen-bond acceptors (Lipinski definition) is 4. The summed E-state index contributed by atoms with van der Waals surface area (Å²) in [6.45, 7) is 0.327. The van der Waals surface area contributed by atoms with Gasteiger partial charge in [0.25, 0.3) is 0 Å². The summed E-state index contributed by atoms with van der Waals surface area (Å²) < 4.78 is 7.03. The summed E-state index contributed by atoms with van der Waals surface area (Å²) in [4.78, 5) is 15.5. The third-order valence-corrected chi connectivity index (χ3v) is 3.03. The Bertz CT molecular complexity index is 511. The summed E-state index contributed by atoms with van der Waals surface area (Å²) in [5, 5.41) is 0. The molecule has 1 unspecified atom stereocenters. The average Bonchev–Trinajstić information content (AvgIpc) is 3.00. The van der Waals surface area contributed by atoms with Gasteiger partial charge in [-0.1, -0.05) is 30.3 Å². The molecule has 5 heteroatoms. The van der Waals surface area contributed by atoms with E-state index in [9.17, 15) is 4.79 Å². The van der Waals surface area contributed by atoms with Crippen molar-refractivity contribution in [2.75, 3.05) is 0 Å². The van der Waals surface area contributed by atoms with Crippen LogP contribution in [0.1, 0.15) is 31.0 Å². The molecule has 0 aliphatic carbocycles. The first-order valence-electron chi connectivity index (χ1n) is 6.68. The van der Waals surface area contributed by atoms with Crippen LogP contribution in [0, 0.1) is 0 Å². The number of carbonyl (C=O) groups excluding carboxylic acids is 1. The highest BCUT2D eigenvalue weighted by atomic mass is 16.5. The fraction of sp³-hybridized carbons (Fsp3) is 0.333. The molecule has 0 radical (unpaired) electrons. The van der Waals surface area contributed by atoms with E-state index in [-0.39, 0.29) is 12.1 Å². The van der Waals surface area contributed by atoms with Gasteiger partial charge in [-0.15, -0.1) is 0 Å². The molecule has 20 heavy (non-hydrogen) atoms. The Labute approximate surface area is 118 Å². The molecule has 1 atom stereocenters. The van der Waals surface area contributed by atoms with Gasteiger partial charge in [0.1, 0.15) is 6.61 Å². The average molecular weight is 273 g/mol. The van der Waals surface area contributed by atoms with Crippen LogP contribution in [0.3, 0.4) is 0 Å². The zero-order chi connectivity index (χ0) is 14.2. The second kappa shape index (κ2) is 7.45. The molecule has 1 aromatic carbocycles. The molecule has 0 fully saturated rings. The third-order valence-electron chi connectivity index (χ3n) is 3.03. The van der Waals surface area contributed by atoms with Crippen molar-refractivity contribution in [3.8, 4) is 0 Å². The summed E-state index contributed by atoms with van der Waals surface area (Å²) in [6, 6.07) is 9.65. The molecule has 2 aromatic rings. The van der Waals surface area contributed by atoms with Crippen LogP contribution in [-0.2, 0) is 16.1 Å². The van der Waals surface area contributed by atoms with Gasteiger partial charge in [-0.2, -0.15) is 0 Å². The molecule has 0 spiro atoms. The number of esters is 1. The number of nitrogens with two attached hydrogens (primary N) is 1. The van der Waals surface area contributed by atoms with E-state index in [0.717, 1.165) is 12.0 Å². The number of benzene rings is 1. The monoisotopic (exact) mass is 273 g/mol. The van der Waals surface area contributed by atoms with Gasteiger partial charge in [0.05, 0.1) is 12.5 Å². The molecule has 0 bridgehead atoms. The molecule has 2 N–H and O–H groups in total. The molecular formula is C15H19N3O2. The van der Waals surface area contributed by atoms with Crippen molar-refractivity contribution in [1.82, 2.24) is 9.55 Å². The first kappa shape index (κ1) is 14.3. The van der Waals surface area contributed by atoms with Gasteiger partial charge in [0.2, 0.25) is 0 Å². The number of aromatic nitrogens is 2. The number of rotatable bonds is 7. The molecule has 1 heterocycles. The van der Waals surface area contributed by atoms with Crippen molar-refractivity contribution in [2.45, 2.75) is 32.0 Å². The quantitative estimate of drug-likeness (QED) is 0.785. The standard InChI is InChI=1S/C15H19N3O2/c16-14(18-10-9-17-12-18)7-4-8-15(19)20-11-13-5-2-1-3-6-13/h1-3,5-6,9-10,12,14H,4,7-8,11,16H2. The van der Waals surface area contributed by atoms with E-state index in [1.54, 1.807) is 12.5 Å². The predicted molar refractivity (Wildman–Crippen MR) is 75.5 cm³/mol. The minimum absolute atomic E-state index is 0.139. The maximum absolute atomic E-state index is 11.6. The fourth-order valence-electron chi connectivity index (χ4n) is 1.88. The molecule has 1 aromatic heterocycles. The van der Waals surface area contributed by atoms with Crippen LogP contribution in [0.2, 0.25) is 0 Å². The molecule has 2 rings (SSSR count). The van der Waals surface area contributed by atoms with E-state index in [1.165, 1.54) is 0 Å². The van der Waals surface area contributed by atoms with Gasteiger partial charge < -0.3 is 15.0 Å². The lowest BCUT2D eigenvalue weighted by atomic mass is 10.2. The second-order valence-corrected chi connectivity index (χ2v) is 4.62. The Balaban J connectivity index is 1.63. The molecule has 0 saturated carbocycles. The van der Waals surface area contributed by atoms with Crippen molar-refractivity contribution < 1.29 is 9.53 Å². The van der Waals surface area contributed by atoms with Gasteiger partial charge in [-0.3, -0.25) is 4.79 Å². The van der Waals surface area contributed by atoms with E-state index >= 15 is 0 Å². The zero-order valence-electron chi connectivity index (χ0n) is 11.3. The van der Waals surface area contributed by atoms with Crippen LogP contribution >= 0.6 is 0 Å². The van der Waals surface area contributed by atoms with Gasteiger partial charge in [0, 0.05) is 18.8 Å². The van der Waals surface area contributed by atoms with Gasteiger partial charge >= 0.3 is 5.97 Å². The van der Waals surface area contributed by atoms with Crippen LogP contribution in [0.25, 0.3) is 0 Å². The summed E-state index contributed by atoms with van der Waals surface area (Å²) in [5.41, 5.74) is 6.96. The molecule has 0 amide bonds. The number of hydrogen-bond donors (Lipinski definition) is 1. The van der Waals surface area contributed by atoms with Gasteiger partial charge in [0.15, 0.2) is 0 Å². The van der Waals surface area contributed by atoms with E-state index in [4.69, 9.17) is 10.5 Å². The topological polar surface area (TPSA) is 70.1 Å². The Morgan fingerprint density at radius 3 is 2.85 bits per heavy atom. The second-order valence-electron chi connectivity index (χ2n) is 4.62. The normalized spacial score (nSPS) is 12.1. The van der Waals surface area contributed by atoms with Crippen LogP contribution < -0.4 is 5.73 Å². The lowest BCUT2D eigenvalue weighted by molar-refractivity contribution is -0.145. The highest BCUT2D eigenvalue weighted by molar-refractivity contribution is 5.69. The summed E-state index contributed by atoms with van der Waals surface area (Å²) in [6.07, 6.45) is 6.85. The SMILES string of the molecule is NC(CCCC(=O)OCc1ccccc1)n1ccnc1. The van der Waals surface area contributed by atoms with Crippen molar-refractivity contribution in [1.29, 1.82) is 0 Å². The van der Waals surface area contributed by atoms with Crippen LogP contribution in [0.4, 0.5) is 0 Å². The van der Waals surface area contributed by atoms with Crippen molar-refractivity contribution in [2.24, 2.45) is 5.73 Å². The Morgan fingerprint density at radius 2 is 2.15 bits per heavy atom. The first-order chi connectivity index (χ1) is 9.75.